The minimum atomic E-state index is 0.127. The molecule has 5 atom stereocenters. The van der Waals surface area contributed by atoms with Crippen molar-refractivity contribution in [3.8, 4) is 0 Å². The summed E-state index contributed by atoms with van der Waals surface area (Å²) in [6.07, 6.45) is 3.84. The SMILES string of the molecule is CCC12CCN1N1CC2CC(C)C1SCC(=O)c1ccc(Cl)c(Cl)c1. The molecule has 3 nitrogen and oxygen atoms in total. The number of hydrogen-bond acceptors (Lipinski definition) is 4. The molecule has 25 heavy (non-hydrogen) atoms. The van der Waals surface area contributed by atoms with Gasteiger partial charge in [-0.3, -0.25) is 4.79 Å². The number of hydrogen-bond donors (Lipinski definition) is 0. The molecule has 0 N–H and O–H groups in total. The molecule has 136 valence electrons. The first-order valence-corrected chi connectivity index (χ1v) is 10.9. The summed E-state index contributed by atoms with van der Waals surface area (Å²) in [4.78, 5) is 12.6. The maximum Gasteiger partial charge on any atom is 0.172 e. The van der Waals surface area contributed by atoms with E-state index >= 15 is 0 Å². The molecule has 4 rings (SSSR count). The summed E-state index contributed by atoms with van der Waals surface area (Å²) in [6.45, 7) is 7.01. The first-order chi connectivity index (χ1) is 12.0. The largest absolute Gasteiger partial charge is 0.293 e. The number of Topliss-reactive ketones (excluding diaryl/α,β-unsaturated/α-hetero) is 1. The lowest BCUT2D eigenvalue weighted by Crippen LogP contribution is -2.61. The fourth-order valence-electron chi connectivity index (χ4n) is 5.00. The van der Waals surface area contributed by atoms with Crippen LogP contribution in [0.4, 0.5) is 0 Å². The average molecular weight is 399 g/mol. The molecule has 2 bridgehead atoms. The van der Waals surface area contributed by atoms with Crippen molar-refractivity contribution < 1.29 is 4.79 Å². The lowest BCUT2D eigenvalue weighted by Gasteiger charge is -2.52. The molecule has 3 fully saturated rings. The topological polar surface area (TPSA) is 23.6 Å². The van der Waals surface area contributed by atoms with Crippen LogP contribution in [-0.4, -0.2) is 45.6 Å². The summed E-state index contributed by atoms with van der Waals surface area (Å²) in [7, 11) is 0. The number of ketones is 1. The Hall–Kier alpha value is -0.260. The molecule has 0 amide bonds. The van der Waals surface area contributed by atoms with Crippen LogP contribution < -0.4 is 0 Å². The van der Waals surface area contributed by atoms with Gasteiger partial charge in [0.15, 0.2) is 5.78 Å². The first-order valence-electron chi connectivity index (χ1n) is 9.10. The number of carbonyl (C=O) groups excluding carboxylic acids is 1. The van der Waals surface area contributed by atoms with E-state index in [-0.39, 0.29) is 5.78 Å². The third-order valence-electron chi connectivity index (χ3n) is 6.42. The highest BCUT2D eigenvalue weighted by Gasteiger charge is 2.61. The van der Waals surface area contributed by atoms with Gasteiger partial charge in [-0.15, -0.1) is 11.8 Å². The number of carbonyl (C=O) groups is 1. The lowest BCUT2D eigenvalue weighted by atomic mass is 9.71. The van der Waals surface area contributed by atoms with Crippen LogP contribution in [0.3, 0.4) is 0 Å². The number of benzene rings is 1. The van der Waals surface area contributed by atoms with E-state index in [0.29, 0.717) is 38.2 Å². The van der Waals surface area contributed by atoms with Gasteiger partial charge in [0.05, 0.1) is 21.2 Å². The molecule has 6 heteroatoms. The van der Waals surface area contributed by atoms with E-state index in [4.69, 9.17) is 23.2 Å². The van der Waals surface area contributed by atoms with Crippen molar-refractivity contribution in [2.24, 2.45) is 11.8 Å². The Morgan fingerprint density at radius 3 is 2.80 bits per heavy atom. The molecule has 0 saturated carbocycles. The average Bonchev–Trinajstić information content (AvgIpc) is 2.73. The summed E-state index contributed by atoms with van der Waals surface area (Å²) >= 11 is 13.8. The van der Waals surface area contributed by atoms with Crippen LogP contribution in [0.5, 0.6) is 0 Å². The quantitative estimate of drug-likeness (QED) is 0.652. The fourth-order valence-corrected chi connectivity index (χ4v) is 6.60. The maximum absolute atomic E-state index is 12.6. The summed E-state index contributed by atoms with van der Waals surface area (Å²) in [5, 5.41) is 6.51. The zero-order chi connectivity index (χ0) is 17.8. The van der Waals surface area contributed by atoms with Gasteiger partial charge >= 0.3 is 0 Å². The molecule has 0 aromatic heterocycles. The number of rotatable bonds is 5. The molecule has 3 aliphatic heterocycles. The normalized spacial score (nSPS) is 36.8. The van der Waals surface area contributed by atoms with E-state index < -0.39 is 0 Å². The van der Waals surface area contributed by atoms with Gasteiger partial charge in [-0.25, -0.2) is 10.0 Å². The van der Waals surface area contributed by atoms with Gasteiger partial charge in [0.2, 0.25) is 0 Å². The van der Waals surface area contributed by atoms with Crippen molar-refractivity contribution >= 4 is 40.7 Å². The van der Waals surface area contributed by atoms with E-state index in [0.717, 1.165) is 12.5 Å². The Morgan fingerprint density at radius 2 is 2.16 bits per heavy atom. The highest BCUT2D eigenvalue weighted by molar-refractivity contribution is 8.00. The van der Waals surface area contributed by atoms with Gasteiger partial charge in [0, 0.05) is 24.2 Å². The van der Waals surface area contributed by atoms with E-state index in [9.17, 15) is 4.79 Å². The van der Waals surface area contributed by atoms with Gasteiger partial charge in [-0.2, -0.15) is 0 Å². The predicted octanol–water partition coefficient (Wildman–Crippen LogP) is 4.98. The third kappa shape index (κ3) is 2.85. The summed E-state index contributed by atoms with van der Waals surface area (Å²) in [5.41, 5.74) is 1.06. The summed E-state index contributed by atoms with van der Waals surface area (Å²) in [6, 6.07) is 5.15. The summed E-state index contributed by atoms with van der Waals surface area (Å²) in [5.74, 6) is 2.02. The van der Waals surface area contributed by atoms with E-state index in [2.05, 4.69) is 23.9 Å². The minimum Gasteiger partial charge on any atom is -0.293 e. The van der Waals surface area contributed by atoms with Gasteiger partial charge in [-0.1, -0.05) is 37.0 Å². The highest BCUT2D eigenvalue weighted by atomic mass is 35.5. The van der Waals surface area contributed by atoms with Gasteiger partial charge in [0.1, 0.15) is 0 Å². The second-order valence-corrected chi connectivity index (χ2v) is 9.54. The molecule has 3 saturated heterocycles. The number of fused-ring (bicyclic) bond motifs is 5. The highest BCUT2D eigenvalue weighted by Crippen LogP contribution is 2.55. The lowest BCUT2D eigenvalue weighted by molar-refractivity contribution is -0.128. The zero-order valence-electron chi connectivity index (χ0n) is 14.7. The Labute approximate surface area is 164 Å². The Balaban J connectivity index is 1.44. The molecule has 1 aromatic rings. The molecular weight excluding hydrogens is 375 g/mol. The number of piperidine rings is 1. The number of thioether (sulfide) groups is 1. The van der Waals surface area contributed by atoms with Crippen molar-refractivity contribution in [3.05, 3.63) is 33.8 Å². The Kier molecular flexibility index (Phi) is 4.87. The van der Waals surface area contributed by atoms with Crippen molar-refractivity contribution in [2.45, 2.75) is 44.0 Å². The zero-order valence-corrected chi connectivity index (χ0v) is 17.0. The number of halogens is 2. The van der Waals surface area contributed by atoms with E-state index in [1.807, 2.05) is 0 Å². The van der Waals surface area contributed by atoms with Crippen LogP contribution in [0, 0.1) is 11.8 Å². The van der Waals surface area contributed by atoms with Crippen LogP contribution in [0.2, 0.25) is 10.0 Å². The molecule has 3 aliphatic rings. The van der Waals surface area contributed by atoms with Gasteiger partial charge in [-0.05, 0) is 49.3 Å². The minimum absolute atomic E-state index is 0.127. The second kappa shape index (κ2) is 6.72. The second-order valence-electron chi connectivity index (χ2n) is 7.62. The van der Waals surface area contributed by atoms with Gasteiger partial charge < -0.3 is 0 Å². The molecule has 0 spiro atoms. The Morgan fingerprint density at radius 1 is 1.36 bits per heavy atom. The molecule has 0 radical (unpaired) electrons. The molecule has 0 aliphatic carbocycles. The standard InChI is InChI=1S/C19H24Cl2N2OS/c1-3-19-6-7-23(19)22-10-14(19)8-12(2)18(22)25-11-17(24)13-4-5-15(20)16(21)9-13/h4-5,9,12,14,18H,3,6-8,10-11H2,1-2H3. The molecule has 3 heterocycles. The van der Waals surface area contributed by atoms with Crippen molar-refractivity contribution in [1.29, 1.82) is 0 Å². The van der Waals surface area contributed by atoms with Crippen LogP contribution in [0.1, 0.15) is 43.5 Å². The van der Waals surface area contributed by atoms with Crippen LogP contribution in [0.25, 0.3) is 0 Å². The Bertz CT molecular complexity index is 694. The van der Waals surface area contributed by atoms with Crippen LogP contribution >= 0.6 is 35.0 Å². The van der Waals surface area contributed by atoms with Crippen molar-refractivity contribution in [3.63, 3.8) is 0 Å². The molecular formula is C19H24Cl2N2OS. The van der Waals surface area contributed by atoms with Crippen molar-refractivity contribution in [1.82, 2.24) is 10.0 Å². The van der Waals surface area contributed by atoms with Crippen molar-refractivity contribution in [2.75, 3.05) is 18.8 Å². The van der Waals surface area contributed by atoms with E-state index in [1.165, 1.54) is 25.8 Å². The number of nitrogens with zero attached hydrogens (tertiary/aromatic N) is 2. The van der Waals surface area contributed by atoms with Gasteiger partial charge in [0.25, 0.3) is 0 Å². The van der Waals surface area contributed by atoms with Crippen LogP contribution in [0.15, 0.2) is 18.2 Å². The monoisotopic (exact) mass is 398 g/mol. The summed E-state index contributed by atoms with van der Waals surface area (Å²) < 4.78 is 0. The fraction of sp³-hybridized carbons (Fsp3) is 0.632. The molecule has 5 unspecified atom stereocenters. The van der Waals surface area contributed by atoms with Crippen LogP contribution in [-0.2, 0) is 0 Å². The maximum atomic E-state index is 12.6. The molecule has 1 aromatic carbocycles. The first kappa shape index (κ1) is 18.1. The number of hydrazine groups is 1. The smallest absolute Gasteiger partial charge is 0.172 e. The predicted molar refractivity (Wildman–Crippen MR) is 105 cm³/mol. The third-order valence-corrected chi connectivity index (χ3v) is 8.64. The van der Waals surface area contributed by atoms with E-state index in [1.54, 1.807) is 30.0 Å².